The molecule has 0 radical (unpaired) electrons. The van der Waals surface area contributed by atoms with Gasteiger partial charge in [-0.1, -0.05) is 19.3 Å². The molecule has 1 aliphatic rings. The second-order valence-corrected chi connectivity index (χ2v) is 3.82. The third-order valence-corrected chi connectivity index (χ3v) is 2.66. The van der Waals surface area contributed by atoms with Crippen molar-refractivity contribution in [1.82, 2.24) is 4.98 Å². The SMILES string of the molecule is O=C(O)c1coc(NC2CCCCC2)n1. The fraction of sp³-hybridized carbons (Fsp3) is 0.600. The maximum atomic E-state index is 10.6. The van der Waals surface area contributed by atoms with Gasteiger partial charge in [-0.3, -0.25) is 0 Å². The normalized spacial score (nSPS) is 17.6. The first-order chi connectivity index (χ1) is 7.25. The summed E-state index contributed by atoms with van der Waals surface area (Å²) in [5.41, 5.74) is -0.0479. The van der Waals surface area contributed by atoms with Gasteiger partial charge in [0.05, 0.1) is 0 Å². The maximum Gasteiger partial charge on any atom is 0.357 e. The predicted octanol–water partition coefficient (Wildman–Crippen LogP) is 2.12. The van der Waals surface area contributed by atoms with E-state index in [1.807, 2.05) is 0 Å². The number of rotatable bonds is 3. The van der Waals surface area contributed by atoms with Crippen molar-refractivity contribution < 1.29 is 14.3 Å². The molecule has 1 heterocycles. The zero-order chi connectivity index (χ0) is 10.7. The van der Waals surface area contributed by atoms with E-state index < -0.39 is 5.97 Å². The number of carboxylic acids is 1. The maximum absolute atomic E-state index is 10.6. The minimum atomic E-state index is -1.06. The molecule has 1 aromatic heterocycles. The molecule has 15 heavy (non-hydrogen) atoms. The predicted molar refractivity (Wildman–Crippen MR) is 54.0 cm³/mol. The first-order valence-corrected chi connectivity index (χ1v) is 5.21. The van der Waals surface area contributed by atoms with Crippen LogP contribution in [0.15, 0.2) is 10.7 Å². The summed E-state index contributed by atoms with van der Waals surface area (Å²) in [6.07, 6.45) is 7.07. The smallest absolute Gasteiger partial charge is 0.357 e. The molecule has 5 nitrogen and oxygen atoms in total. The van der Waals surface area contributed by atoms with Gasteiger partial charge < -0.3 is 14.8 Å². The lowest BCUT2D eigenvalue weighted by Gasteiger charge is -2.21. The Hall–Kier alpha value is -1.52. The highest BCUT2D eigenvalue weighted by molar-refractivity contribution is 5.85. The van der Waals surface area contributed by atoms with E-state index in [1.54, 1.807) is 0 Å². The lowest BCUT2D eigenvalue weighted by atomic mass is 9.96. The van der Waals surface area contributed by atoms with Crippen LogP contribution in [-0.4, -0.2) is 22.1 Å². The minimum Gasteiger partial charge on any atom is -0.476 e. The van der Waals surface area contributed by atoms with Gasteiger partial charge in [-0.2, -0.15) is 4.98 Å². The Kier molecular flexibility index (Phi) is 2.89. The highest BCUT2D eigenvalue weighted by atomic mass is 16.4. The van der Waals surface area contributed by atoms with E-state index in [0.717, 1.165) is 19.1 Å². The Morgan fingerprint density at radius 2 is 2.20 bits per heavy atom. The molecule has 82 valence electrons. The Bertz CT molecular complexity index is 342. The third kappa shape index (κ3) is 2.49. The van der Waals surface area contributed by atoms with Gasteiger partial charge in [0.1, 0.15) is 6.26 Å². The number of oxazole rings is 1. The summed E-state index contributed by atoms with van der Waals surface area (Å²) in [4.78, 5) is 14.4. The Morgan fingerprint density at radius 1 is 1.47 bits per heavy atom. The van der Waals surface area contributed by atoms with Crippen LogP contribution in [0.5, 0.6) is 0 Å². The van der Waals surface area contributed by atoms with Crippen molar-refractivity contribution >= 4 is 12.0 Å². The Balaban J connectivity index is 1.94. The number of aromatic carboxylic acids is 1. The molecule has 0 aliphatic heterocycles. The summed E-state index contributed by atoms with van der Waals surface area (Å²) in [6, 6.07) is 0.693. The van der Waals surface area contributed by atoms with Crippen LogP contribution in [0, 0.1) is 0 Å². The number of aromatic nitrogens is 1. The van der Waals surface area contributed by atoms with Crippen LogP contribution in [0.3, 0.4) is 0 Å². The number of nitrogens with one attached hydrogen (secondary N) is 1. The molecule has 0 atom stereocenters. The molecule has 0 spiro atoms. The Morgan fingerprint density at radius 3 is 2.80 bits per heavy atom. The first kappa shape index (κ1) is 10.0. The van der Waals surface area contributed by atoms with Gasteiger partial charge in [-0.15, -0.1) is 0 Å². The third-order valence-electron chi connectivity index (χ3n) is 2.66. The van der Waals surface area contributed by atoms with Crippen molar-refractivity contribution in [3.63, 3.8) is 0 Å². The van der Waals surface area contributed by atoms with E-state index >= 15 is 0 Å². The fourth-order valence-corrected chi connectivity index (χ4v) is 1.86. The number of carboxylic acid groups (broad SMARTS) is 1. The van der Waals surface area contributed by atoms with Crippen molar-refractivity contribution in [2.24, 2.45) is 0 Å². The topological polar surface area (TPSA) is 75.4 Å². The fourth-order valence-electron chi connectivity index (χ4n) is 1.86. The second kappa shape index (κ2) is 4.33. The average molecular weight is 210 g/mol. The molecule has 2 N–H and O–H groups in total. The molecule has 0 saturated heterocycles. The van der Waals surface area contributed by atoms with E-state index in [0.29, 0.717) is 12.1 Å². The van der Waals surface area contributed by atoms with Crippen LogP contribution in [0.4, 0.5) is 6.01 Å². The van der Waals surface area contributed by atoms with Gasteiger partial charge in [0.2, 0.25) is 0 Å². The quantitative estimate of drug-likeness (QED) is 0.799. The van der Waals surface area contributed by atoms with Crippen LogP contribution >= 0.6 is 0 Å². The molecule has 0 unspecified atom stereocenters. The zero-order valence-corrected chi connectivity index (χ0v) is 8.40. The van der Waals surface area contributed by atoms with Gasteiger partial charge in [-0.05, 0) is 12.8 Å². The number of carbonyl (C=O) groups is 1. The minimum absolute atomic E-state index is 0.0479. The summed E-state index contributed by atoms with van der Waals surface area (Å²) in [6.45, 7) is 0. The summed E-state index contributed by atoms with van der Waals surface area (Å²) >= 11 is 0. The molecule has 0 amide bonds. The lowest BCUT2D eigenvalue weighted by Crippen LogP contribution is -2.22. The molecule has 1 aliphatic carbocycles. The number of hydrogen-bond donors (Lipinski definition) is 2. The van der Waals surface area contributed by atoms with E-state index in [9.17, 15) is 4.79 Å². The number of hydrogen-bond acceptors (Lipinski definition) is 4. The van der Waals surface area contributed by atoms with Gasteiger partial charge in [0.15, 0.2) is 5.69 Å². The van der Waals surface area contributed by atoms with Crippen molar-refractivity contribution in [2.75, 3.05) is 5.32 Å². The van der Waals surface area contributed by atoms with Crippen LogP contribution in [0.1, 0.15) is 42.6 Å². The summed E-state index contributed by atoms with van der Waals surface area (Å²) in [7, 11) is 0. The Labute approximate surface area is 87.5 Å². The van der Waals surface area contributed by atoms with E-state index in [2.05, 4.69) is 10.3 Å². The summed E-state index contributed by atoms with van der Waals surface area (Å²) in [5.74, 6) is -1.06. The molecule has 1 fully saturated rings. The molecule has 2 rings (SSSR count). The van der Waals surface area contributed by atoms with Crippen LogP contribution in [-0.2, 0) is 0 Å². The van der Waals surface area contributed by atoms with Gasteiger partial charge in [0, 0.05) is 6.04 Å². The van der Waals surface area contributed by atoms with Crippen molar-refractivity contribution in [1.29, 1.82) is 0 Å². The molecule has 0 aromatic carbocycles. The highest BCUT2D eigenvalue weighted by Gasteiger charge is 2.16. The second-order valence-electron chi connectivity index (χ2n) is 3.82. The molecular weight excluding hydrogens is 196 g/mol. The molecular formula is C10H14N2O3. The van der Waals surface area contributed by atoms with Crippen molar-refractivity contribution in [2.45, 2.75) is 38.1 Å². The molecule has 1 aromatic rings. The lowest BCUT2D eigenvalue weighted by molar-refractivity contribution is 0.0690. The van der Waals surface area contributed by atoms with E-state index in [-0.39, 0.29) is 5.69 Å². The average Bonchev–Trinajstić information content (AvgIpc) is 2.68. The zero-order valence-electron chi connectivity index (χ0n) is 8.40. The monoisotopic (exact) mass is 210 g/mol. The van der Waals surface area contributed by atoms with E-state index in [4.69, 9.17) is 9.52 Å². The largest absolute Gasteiger partial charge is 0.476 e. The van der Waals surface area contributed by atoms with Crippen molar-refractivity contribution in [3.05, 3.63) is 12.0 Å². The number of anilines is 1. The van der Waals surface area contributed by atoms with Crippen LogP contribution < -0.4 is 5.32 Å². The molecule has 0 bridgehead atoms. The standard InChI is InChI=1S/C10H14N2O3/c13-9(14)8-6-15-10(12-8)11-7-4-2-1-3-5-7/h6-7H,1-5H2,(H,11,12)(H,13,14). The number of nitrogens with zero attached hydrogens (tertiary/aromatic N) is 1. The van der Waals surface area contributed by atoms with Gasteiger partial charge in [-0.25, -0.2) is 4.79 Å². The summed E-state index contributed by atoms with van der Waals surface area (Å²) < 4.78 is 5.03. The van der Waals surface area contributed by atoms with Crippen LogP contribution in [0.2, 0.25) is 0 Å². The van der Waals surface area contributed by atoms with E-state index in [1.165, 1.54) is 19.3 Å². The van der Waals surface area contributed by atoms with Gasteiger partial charge >= 0.3 is 5.97 Å². The highest BCUT2D eigenvalue weighted by Crippen LogP contribution is 2.21. The summed E-state index contributed by atoms with van der Waals surface area (Å²) in [5, 5.41) is 11.8. The van der Waals surface area contributed by atoms with Gasteiger partial charge in [0.25, 0.3) is 6.01 Å². The first-order valence-electron chi connectivity index (χ1n) is 5.21. The van der Waals surface area contributed by atoms with Crippen molar-refractivity contribution in [3.8, 4) is 0 Å². The molecule has 1 saturated carbocycles. The van der Waals surface area contributed by atoms with Crippen LogP contribution in [0.25, 0.3) is 0 Å². The molecule has 5 heteroatoms.